The predicted octanol–water partition coefficient (Wildman–Crippen LogP) is 3.05. The van der Waals surface area contributed by atoms with Gasteiger partial charge in [0.2, 0.25) is 5.95 Å². The summed E-state index contributed by atoms with van der Waals surface area (Å²) in [6, 6.07) is 4.81. The van der Waals surface area contributed by atoms with Gasteiger partial charge in [0.05, 0.1) is 11.0 Å². The Morgan fingerprint density at radius 2 is 2.33 bits per heavy atom. The summed E-state index contributed by atoms with van der Waals surface area (Å²) in [6.45, 7) is 0.886. The number of nitrogens with two attached hydrogens (primary N) is 1. The van der Waals surface area contributed by atoms with Crippen molar-refractivity contribution >= 4 is 39.0 Å². The average Bonchev–Trinajstić information content (AvgIpc) is 3.07. The molecule has 0 aromatic carbocycles. The largest absolute Gasteiger partial charge is 0.368 e. The molecule has 1 saturated carbocycles. The van der Waals surface area contributed by atoms with Crippen molar-refractivity contribution in [1.29, 1.82) is 0 Å². The Labute approximate surface area is 118 Å². The van der Waals surface area contributed by atoms with Crippen LogP contribution in [0.5, 0.6) is 0 Å². The maximum absolute atomic E-state index is 5.69. The highest BCUT2D eigenvalue weighted by Crippen LogP contribution is 2.36. The van der Waals surface area contributed by atoms with Gasteiger partial charge in [-0.15, -0.1) is 11.3 Å². The zero-order valence-corrected chi connectivity index (χ0v) is 12.1. The number of rotatable bonds is 4. The van der Waals surface area contributed by atoms with Crippen LogP contribution in [0.1, 0.15) is 17.7 Å². The Balaban J connectivity index is 1.91. The highest BCUT2D eigenvalue weighted by Gasteiger charge is 2.31. The molecule has 1 aliphatic rings. The Morgan fingerprint density at radius 1 is 1.50 bits per heavy atom. The Morgan fingerprint density at radius 3 is 3.00 bits per heavy atom. The normalized spacial score (nSPS) is 14.7. The van der Waals surface area contributed by atoms with E-state index in [1.54, 1.807) is 17.5 Å². The summed E-state index contributed by atoms with van der Waals surface area (Å²) in [5, 5.41) is 2.10. The smallest absolute Gasteiger partial charge is 0.222 e. The Kier molecular flexibility index (Phi) is 3.22. The minimum Gasteiger partial charge on any atom is -0.368 e. The van der Waals surface area contributed by atoms with Crippen LogP contribution in [-0.2, 0) is 6.54 Å². The van der Waals surface area contributed by atoms with Crippen LogP contribution in [0.3, 0.4) is 0 Å². The van der Waals surface area contributed by atoms with Crippen LogP contribution in [0.25, 0.3) is 0 Å². The van der Waals surface area contributed by atoms with E-state index in [-0.39, 0.29) is 0 Å². The zero-order chi connectivity index (χ0) is 12.5. The van der Waals surface area contributed by atoms with E-state index in [1.807, 2.05) is 0 Å². The van der Waals surface area contributed by atoms with Crippen molar-refractivity contribution in [3.63, 3.8) is 0 Å². The molecule has 6 heteroatoms. The first-order chi connectivity index (χ1) is 8.74. The first kappa shape index (κ1) is 11.9. The molecule has 0 unspecified atom stereocenters. The van der Waals surface area contributed by atoms with Gasteiger partial charge in [-0.3, -0.25) is 0 Å². The fourth-order valence-electron chi connectivity index (χ4n) is 1.91. The maximum Gasteiger partial charge on any atom is 0.222 e. The molecule has 0 radical (unpaired) electrons. The summed E-state index contributed by atoms with van der Waals surface area (Å²) in [5.41, 5.74) is 5.69. The van der Waals surface area contributed by atoms with Crippen molar-refractivity contribution in [2.24, 2.45) is 0 Å². The van der Waals surface area contributed by atoms with Gasteiger partial charge in [-0.2, -0.15) is 4.98 Å². The SMILES string of the molecule is Nc1ncc(Br)c(N(Cc2cccs2)C2CC2)n1. The summed E-state index contributed by atoms with van der Waals surface area (Å²) < 4.78 is 0.903. The van der Waals surface area contributed by atoms with E-state index < -0.39 is 0 Å². The van der Waals surface area contributed by atoms with Crippen LogP contribution in [0.15, 0.2) is 28.2 Å². The minimum atomic E-state index is 0.324. The molecule has 1 fully saturated rings. The van der Waals surface area contributed by atoms with Crippen LogP contribution < -0.4 is 10.6 Å². The van der Waals surface area contributed by atoms with E-state index >= 15 is 0 Å². The molecule has 18 heavy (non-hydrogen) atoms. The van der Waals surface area contributed by atoms with Crippen LogP contribution >= 0.6 is 27.3 Å². The molecule has 1 aliphatic carbocycles. The van der Waals surface area contributed by atoms with E-state index in [2.05, 4.69) is 48.3 Å². The van der Waals surface area contributed by atoms with Gasteiger partial charge in [0.15, 0.2) is 0 Å². The molecular formula is C12H13BrN4S. The Bertz CT molecular complexity index is 539. The number of nitrogens with zero attached hydrogens (tertiary/aromatic N) is 3. The second kappa shape index (κ2) is 4.85. The standard InChI is InChI=1S/C12H13BrN4S/c13-10-6-15-12(14)16-11(10)17(8-3-4-8)7-9-2-1-5-18-9/h1-2,5-6,8H,3-4,7H2,(H2,14,15,16). The molecule has 0 saturated heterocycles. The van der Waals surface area contributed by atoms with E-state index in [9.17, 15) is 0 Å². The fourth-order valence-corrected chi connectivity index (χ4v) is 3.03. The van der Waals surface area contributed by atoms with Crippen molar-refractivity contribution in [3.8, 4) is 0 Å². The lowest BCUT2D eigenvalue weighted by Crippen LogP contribution is -2.26. The van der Waals surface area contributed by atoms with E-state index in [0.717, 1.165) is 16.8 Å². The lowest BCUT2D eigenvalue weighted by molar-refractivity contribution is 0.782. The van der Waals surface area contributed by atoms with Crippen LogP contribution in [0.2, 0.25) is 0 Å². The van der Waals surface area contributed by atoms with Gasteiger partial charge in [-0.1, -0.05) is 6.07 Å². The van der Waals surface area contributed by atoms with Crippen molar-refractivity contribution in [1.82, 2.24) is 9.97 Å². The maximum atomic E-state index is 5.69. The molecule has 2 heterocycles. The summed E-state index contributed by atoms with van der Waals surface area (Å²) >= 11 is 5.28. The lowest BCUT2D eigenvalue weighted by atomic mass is 10.3. The minimum absolute atomic E-state index is 0.324. The molecule has 4 nitrogen and oxygen atoms in total. The van der Waals surface area contributed by atoms with Crippen molar-refractivity contribution < 1.29 is 0 Å². The summed E-state index contributed by atoms with van der Waals surface area (Å²) in [4.78, 5) is 12.0. The summed E-state index contributed by atoms with van der Waals surface area (Å²) in [7, 11) is 0. The first-order valence-electron chi connectivity index (χ1n) is 5.81. The molecule has 0 spiro atoms. The molecule has 0 bridgehead atoms. The highest BCUT2D eigenvalue weighted by molar-refractivity contribution is 9.10. The Hall–Kier alpha value is -1.14. The lowest BCUT2D eigenvalue weighted by Gasteiger charge is -2.23. The van der Waals surface area contributed by atoms with Gasteiger partial charge in [0, 0.05) is 17.1 Å². The fraction of sp³-hybridized carbons (Fsp3) is 0.333. The molecule has 0 atom stereocenters. The second-order valence-corrected chi connectivity index (χ2v) is 6.22. The third-order valence-electron chi connectivity index (χ3n) is 2.91. The van der Waals surface area contributed by atoms with Gasteiger partial charge in [-0.25, -0.2) is 4.98 Å². The highest BCUT2D eigenvalue weighted by atomic mass is 79.9. The number of hydrogen-bond acceptors (Lipinski definition) is 5. The number of anilines is 2. The predicted molar refractivity (Wildman–Crippen MR) is 77.7 cm³/mol. The first-order valence-corrected chi connectivity index (χ1v) is 7.48. The molecule has 2 aromatic heterocycles. The van der Waals surface area contributed by atoms with Crippen molar-refractivity contribution in [3.05, 3.63) is 33.1 Å². The van der Waals surface area contributed by atoms with Gasteiger partial charge in [0.1, 0.15) is 5.82 Å². The molecule has 0 amide bonds. The van der Waals surface area contributed by atoms with Crippen LogP contribution in [0.4, 0.5) is 11.8 Å². The van der Waals surface area contributed by atoms with E-state index in [0.29, 0.717) is 12.0 Å². The number of hydrogen-bond donors (Lipinski definition) is 1. The van der Waals surface area contributed by atoms with Crippen molar-refractivity contribution in [2.45, 2.75) is 25.4 Å². The molecule has 94 valence electrons. The third kappa shape index (κ3) is 2.49. The summed E-state index contributed by atoms with van der Waals surface area (Å²) in [5.74, 6) is 1.23. The number of aromatic nitrogens is 2. The third-order valence-corrected chi connectivity index (χ3v) is 4.33. The molecule has 2 aromatic rings. The second-order valence-electron chi connectivity index (χ2n) is 4.34. The van der Waals surface area contributed by atoms with Crippen LogP contribution in [-0.4, -0.2) is 16.0 Å². The number of thiophene rings is 1. The van der Waals surface area contributed by atoms with Gasteiger partial charge in [-0.05, 0) is 40.2 Å². The van der Waals surface area contributed by atoms with Gasteiger partial charge in [0.25, 0.3) is 0 Å². The van der Waals surface area contributed by atoms with Gasteiger partial charge >= 0.3 is 0 Å². The summed E-state index contributed by atoms with van der Waals surface area (Å²) in [6.07, 6.45) is 4.17. The van der Waals surface area contributed by atoms with Gasteiger partial charge < -0.3 is 10.6 Å². The monoisotopic (exact) mass is 324 g/mol. The van der Waals surface area contributed by atoms with E-state index in [4.69, 9.17) is 5.73 Å². The topological polar surface area (TPSA) is 55.0 Å². The molecule has 2 N–H and O–H groups in total. The number of halogens is 1. The molecule has 3 rings (SSSR count). The molecular weight excluding hydrogens is 312 g/mol. The quantitative estimate of drug-likeness (QED) is 0.939. The van der Waals surface area contributed by atoms with Crippen LogP contribution in [0, 0.1) is 0 Å². The average molecular weight is 325 g/mol. The van der Waals surface area contributed by atoms with E-state index in [1.165, 1.54) is 17.7 Å². The molecule has 0 aliphatic heterocycles. The number of nitrogen functional groups attached to an aromatic ring is 1. The van der Waals surface area contributed by atoms with Crippen molar-refractivity contribution in [2.75, 3.05) is 10.6 Å². The zero-order valence-electron chi connectivity index (χ0n) is 9.71.